The number of nitrogens with zero attached hydrogens (tertiary/aromatic N) is 1. The van der Waals surface area contributed by atoms with Gasteiger partial charge in [0.1, 0.15) is 5.82 Å². The molecule has 0 spiro atoms. The molecule has 5 heteroatoms. The predicted octanol–water partition coefficient (Wildman–Crippen LogP) is 2.60. The summed E-state index contributed by atoms with van der Waals surface area (Å²) in [6.45, 7) is 3.32. The first-order chi connectivity index (χ1) is 9.06. The number of benzene rings is 1. The van der Waals surface area contributed by atoms with Crippen molar-refractivity contribution >= 4 is 5.91 Å². The summed E-state index contributed by atoms with van der Waals surface area (Å²) in [4.78, 5) is 13.6. The molecule has 1 aromatic carbocycles. The van der Waals surface area contributed by atoms with Crippen molar-refractivity contribution < 1.29 is 18.3 Å². The van der Waals surface area contributed by atoms with Gasteiger partial charge in [0.2, 0.25) is 0 Å². The van der Waals surface area contributed by atoms with E-state index in [2.05, 4.69) is 6.92 Å². The Morgan fingerprint density at radius 1 is 1.47 bits per heavy atom. The summed E-state index contributed by atoms with van der Waals surface area (Å²) >= 11 is 0. The number of ether oxygens (including phenoxy) is 1. The van der Waals surface area contributed by atoms with Gasteiger partial charge in [0.15, 0.2) is 18.2 Å². The molecular weight excluding hydrogens is 252 g/mol. The zero-order chi connectivity index (χ0) is 13.8. The van der Waals surface area contributed by atoms with Gasteiger partial charge in [-0.3, -0.25) is 4.79 Å². The molecule has 0 radical (unpaired) electrons. The van der Waals surface area contributed by atoms with E-state index in [1.807, 2.05) is 0 Å². The Morgan fingerprint density at radius 3 is 2.95 bits per heavy atom. The van der Waals surface area contributed by atoms with Crippen molar-refractivity contribution in [2.45, 2.75) is 19.8 Å². The molecule has 1 saturated heterocycles. The molecule has 1 atom stereocenters. The maximum Gasteiger partial charge on any atom is 0.260 e. The van der Waals surface area contributed by atoms with E-state index in [1.54, 1.807) is 4.90 Å². The molecule has 3 nitrogen and oxygen atoms in total. The second-order valence-electron chi connectivity index (χ2n) is 4.95. The Kier molecular flexibility index (Phi) is 4.35. The number of hydrogen-bond acceptors (Lipinski definition) is 2. The van der Waals surface area contributed by atoms with Crippen molar-refractivity contribution in [2.75, 3.05) is 19.7 Å². The summed E-state index contributed by atoms with van der Waals surface area (Å²) in [5.41, 5.74) is 0. The van der Waals surface area contributed by atoms with Gasteiger partial charge >= 0.3 is 0 Å². The van der Waals surface area contributed by atoms with E-state index < -0.39 is 11.6 Å². The number of piperidine rings is 1. The molecule has 104 valence electrons. The van der Waals surface area contributed by atoms with Crippen molar-refractivity contribution in [1.82, 2.24) is 4.90 Å². The SMILES string of the molecule is CC1CCCN(C(=O)COc2ccc(F)cc2F)C1. The molecule has 0 saturated carbocycles. The van der Waals surface area contributed by atoms with E-state index in [0.717, 1.165) is 31.5 Å². The van der Waals surface area contributed by atoms with Crippen LogP contribution in [0.3, 0.4) is 0 Å². The Bertz CT molecular complexity index is 465. The third-order valence-corrected chi connectivity index (χ3v) is 3.25. The Hall–Kier alpha value is -1.65. The molecule has 0 aliphatic carbocycles. The van der Waals surface area contributed by atoms with Gasteiger partial charge < -0.3 is 9.64 Å². The molecule has 19 heavy (non-hydrogen) atoms. The van der Waals surface area contributed by atoms with Gasteiger partial charge in [-0.05, 0) is 30.9 Å². The van der Waals surface area contributed by atoms with Gasteiger partial charge in [-0.1, -0.05) is 6.92 Å². The standard InChI is InChI=1S/C14H17F2NO2/c1-10-3-2-6-17(8-10)14(18)9-19-13-5-4-11(15)7-12(13)16/h4-5,7,10H,2-3,6,8-9H2,1H3. The molecule has 0 N–H and O–H groups in total. The summed E-state index contributed by atoms with van der Waals surface area (Å²) in [7, 11) is 0. The van der Waals surface area contributed by atoms with Crippen LogP contribution in [0.4, 0.5) is 8.78 Å². The van der Waals surface area contributed by atoms with Crippen molar-refractivity contribution in [3.05, 3.63) is 29.8 Å². The quantitative estimate of drug-likeness (QED) is 0.844. The Morgan fingerprint density at radius 2 is 2.26 bits per heavy atom. The Labute approximate surface area is 111 Å². The molecule has 1 aromatic rings. The van der Waals surface area contributed by atoms with Crippen LogP contribution in [0.5, 0.6) is 5.75 Å². The van der Waals surface area contributed by atoms with E-state index in [-0.39, 0.29) is 18.3 Å². The Balaban J connectivity index is 1.89. The van der Waals surface area contributed by atoms with E-state index in [9.17, 15) is 13.6 Å². The van der Waals surface area contributed by atoms with Gasteiger partial charge in [0, 0.05) is 19.2 Å². The van der Waals surface area contributed by atoms with Crippen LogP contribution in [0, 0.1) is 17.6 Å². The lowest BCUT2D eigenvalue weighted by Crippen LogP contribution is -2.41. The third kappa shape index (κ3) is 3.66. The van der Waals surface area contributed by atoms with E-state index >= 15 is 0 Å². The predicted molar refractivity (Wildman–Crippen MR) is 66.8 cm³/mol. The highest BCUT2D eigenvalue weighted by Gasteiger charge is 2.21. The van der Waals surface area contributed by atoms with E-state index in [4.69, 9.17) is 4.74 Å². The molecule has 0 bridgehead atoms. The lowest BCUT2D eigenvalue weighted by atomic mass is 10.0. The second-order valence-corrected chi connectivity index (χ2v) is 4.95. The minimum absolute atomic E-state index is 0.0974. The molecule has 1 aliphatic heterocycles. The van der Waals surface area contributed by atoms with Gasteiger partial charge in [0.25, 0.3) is 5.91 Å². The minimum Gasteiger partial charge on any atom is -0.481 e. The van der Waals surface area contributed by atoms with Crippen LogP contribution < -0.4 is 4.74 Å². The average molecular weight is 269 g/mol. The second kappa shape index (κ2) is 5.99. The summed E-state index contributed by atoms with van der Waals surface area (Å²) in [5.74, 6) is -1.23. The van der Waals surface area contributed by atoms with Gasteiger partial charge in [0.05, 0.1) is 0 Å². The summed E-state index contributed by atoms with van der Waals surface area (Å²) in [6, 6.07) is 3.03. The molecule has 0 aromatic heterocycles. The molecule has 1 heterocycles. The van der Waals surface area contributed by atoms with Gasteiger partial charge in [-0.2, -0.15) is 0 Å². The zero-order valence-electron chi connectivity index (χ0n) is 10.9. The maximum atomic E-state index is 13.3. The highest BCUT2D eigenvalue weighted by atomic mass is 19.1. The van der Waals surface area contributed by atoms with Crippen LogP contribution in [-0.2, 0) is 4.79 Å². The largest absolute Gasteiger partial charge is 0.481 e. The lowest BCUT2D eigenvalue weighted by Gasteiger charge is -2.30. The van der Waals surface area contributed by atoms with Crippen LogP contribution in [-0.4, -0.2) is 30.5 Å². The topological polar surface area (TPSA) is 29.5 Å². The first kappa shape index (κ1) is 13.8. The lowest BCUT2D eigenvalue weighted by molar-refractivity contribution is -0.135. The summed E-state index contributed by atoms with van der Waals surface area (Å²) < 4.78 is 31.1. The molecule has 2 rings (SSSR count). The molecule has 1 fully saturated rings. The van der Waals surface area contributed by atoms with Crippen LogP contribution in [0.1, 0.15) is 19.8 Å². The highest BCUT2D eigenvalue weighted by molar-refractivity contribution is 5.77. The van der Waals surface area contributed by atoms with Crippen LogP contribution in [0.2, 0.25) is 0 Å². The fourth-order valence-electron chi connectivity index (χ4n) is 2.24. The number of hydrogen-bond donors (Lipinski definition) is 0. The van der Waals surface area contributed by atoms with Crippen LogP contribution in [0.25, 0.3) is 0 Å². The van der Waals surface area contributed by atoms with E-state index in [0.29, 0.717) is 12.5 Å². The van der Waals surface area contributed by atoms with Crippen molar-refractivity contribution in [3.63, 3.8) is 0 Å². The third-order valence-electron chi connectivity index (χ3n) is 3.25. The summed E-state index contributed by atoms with van der Waals surface area (Å²) in [6.07, 6.45) is 2.11. The number of carbonyl (C=O) groups excluding carboxylic acids is 1. The van der Waals surface area contributed by atoms with Gasteiger partial charge in [-0.15, -0.1) is 0 Å². The minimum atomic E-state index is -0.792. The fourth-order valence-corrected chi connectivity index (χ4v) is 2.24. The van der Waals surface area contributed by atoms with Crippen molar-refractivity contribution in [3.8, 4) is 5.75 Å². The maximum absolute atomic E-state index is 13.3. The smallest absolute Gasteiger partial charge is 0.260 e. The number of rotatable bonds is 3. The first-order valence-corrected chi connectivity index (χ1v) is 6.42. The number of carbonyl (C=O) groups is 1. The monoisotopic (exact) mass is 269 g/mol. The zero-order valence-corrected chi connectivity index (χ0v) is 10.9. The normalized spacial score (nSPS) is 19.3. The summed E-state index contributed by atoms with van der Waals surface area (Å²) in [5, 5.41) is 0. The molecule has 1 unspecified atom stereocenters. The number of likely N-dealkylation sites (tertiary alicyclic amines) is 1. The van der Waals surface area contributed by atoms with Crippen molar-refractivity contribution in [2.24, 2.45) is 5.92 Å². The van der Waals surface area contributed by atoms with Crippen LogP contribution in [0.15, 0.2) is 18.2 Å². The first-order valence-electron chi connectivity index (χ1n) is 6.42. The van der Waals surface area contributed by atoms with Gasteiger partial charge in [-0.25, -0.2) is 8.78 Å². The fraction of sp³-hybridized carbons (Fsp3) is 0.500. The number of amides is 1. The molecule has 1 amide bonds. The van der Waals surface area contributed by atoms with Crippen LogP contribution >= 0.6 is 0 Å². The highest BCUT2D eigenvalue weighted by Crippen LogP contribution is 2.19. The van der Waals surface area contributed by atoms with E-state index in [1.165, 1.54) is 6.07 Å². The molecular formula is C14H17F2NO2. The van der Waals surface area contributed by atoms with Crippen molar-refractivity contribution in [1.29, 1.82) is 0 Å². The molecule has 1 aliphatic rings. The average Bonchev–Trinajstić information content (AvgIpc) is 2.37. The number of halogens is 2.